The molecule has 148 valence electrons. The number of furan rings is 1. The number of hydrogen-bond acceptors (Lipinski definition) is 5. The highest BCUT2D eigenvalue weighted by molar-refractivity contribution is 6.42. The summed E-state index contributed by atoms with van der Waals surface area (Å²) in [5.74, 6) is -1.32. The summed E-state index contributed by atoms with van der Waals surface area (Å²) in [5, 5.41) is 9.21. The first-order valence-corrected chi connectivity index (χ1v) is 8.97. The van der Waals surface area contributed by atoms with E-state index < -0.39 is 11.8 Å². The molecular formula is C18H18Cl2N4O4. The predicted octanol–water partition coefficient (Wildman–Crippen LogP) is 2.95. The van der Waals surface area contributed by atoms with Crippen LogP contribution in [0.25, 0.3) is 0 Å². The molecule has 1 aromatic carbocycles. The number of anilines is 1. The van der Waals surface area contributed by atoms with Gasteiger partial charge in [0.1, 0.15) is 11.5 Å². The lowest BCUT2D eigenvalue weighted by Gasteiger charge is -2.06. The van der Waals surface area contributed by atoms with Gasteiger partial charge in [0.2, 0.25) is 5.91 Å². The van der Waals surface area contributed by atoms with Crippen molar-refractivity contribution < 1.29 is 18.8 Å². The Balaban J connectivity index is 1.83. The Labute approximate surface area is 171 Å². The van der Waals surface area contributed by atoms with E-state index >= 15 is 0 Å². The molecule has 28 heavy (non-hydrogen) atoms. The maximum Gasteiger partial charge on any atom is 0.313 e. The summed E-state index contributed by atoms with van der Waals surface area (Å²) in [6, 6.07) is 7.69. The second-order valence-corrected chi connectivity index (χ2v) is 6.77. The van der Waals surface area contributed by atoms with E-state index in [-0.39, 0.29) is 23.4 Å². The van der Waals surface area contributed by atoms with Crippen molar-refractivity contribution in [3.05, 3.63) is 51.9 Å². The smallest absolute Gasteiger partial charge is 0.313 e. The number of carbonyl (C=O) groups is 3. The fraction of sp³-hybridized carbons (Fsp3) is 0.222. The van der Waals surface area contributed by atoms with Crippen molar-refractivity contribution in [2.75, 3.05) is 5.32 Å². The van der Waals surface area contributed by atoms with Crippen molar-refractivity contribution in [3.63, 3.8) is 0 Å². The van der Waals surface area contributed by atoms with Crippen LogP contribution in [0.15, 0.2) is 39.9 Å². The molecule has 0 spiro atoms. The highest BCUT2D eigenvalue weighted by atomic mass is 35.5. The fourth-order valence-electron chi connectivity index (χ4n) is 1.86. The third-order valence-electron chi connectivity index (χ3n) is 3.38. The number of rotatable bonds is 6. The second kappa shape index (κ2) is 9.91. The van der Waals surface area contributed by atoms with Gasteiger partial charge in [-0.3, -0.25) is 14.4 Å². The lowest BCUT2D eigenvalue weighted by Crippen LogP contribution is -2.34. The normalized spacial score (nSPS) is 10.9. The zero-order chi connectivity index (χ0) is 20.7. The average molecular weight is 425 g/mol. The molecule has 2 rings (SSSR count). The quantitative estimate of drug-likeness (QED) is 0.375. The first-order chi connectivity index (χ1) is 13.3. The monoisotopic (exact) mass is 424 g/mol. The fourth-order valence-corrected chi connectivity index (χ4v) is 2.16. The van der Waals surface area contributed by atoms with Crippen molar-refractivity contribution in [3.8, 4) is 0 Å². The van der Waals surface area contributed by atoms with Crippen LogP contribution in [0.2, 0.25) is 10.0 Å². The van der Waals surface area contributed by atoms with E-state index in [1.807, 2.05) is 0 Å². The van der Waals surface area contributed by atoms with Gasteiger partial charge in [0, 0.05) is 11.6 Å². The summed E-state index contributed by atoms with van der Waals surface area (Å²) in [6.45, 7) is 3.49. The van der Waals surface area contributed by atoms with Crippen LogP contribution in [0.5, 0.6) is 0 Å². The van der Waals surface area contributed by atoms with E-state index in [0.717, 1.165) is 0 Å². The molecule has 0 saturated heterocycles. The van der Waals surface area contributed by atoms with Crippen molar-refractivity contribution in [2.24, 2.45) is 11.0 Å². The van der Waals surface area contributed by atoms with E-state index in [4.69, 9.17) is 27.6 Å². The van der Waals surface area contributed by atoms with Gasteiger partial charge in [0.15, 0.2) is 0 Å². The number of nitrogens with zero attached hydrogens (tertiary/aromatic N) is 1. The van der Waals surface area contributed by atoms with E-state index in [1.54, 1.807) is 26.0 Å². The highest BCUT2D eigenvalue weighted by Crippen LogP contribution is 2.24. The minimum atomic E-state index is -0.858. The number of benzene rings is 1. The Kier molecular flexibility index (Phi) is 7.60. The first-order valence-electron chi connectivity index (χ1n) is 8.22. The van der Waals surface area contributed by atoms with Gasteiger partial charge in [-0.25, -0.2) is 5.43 Å². The zero-order valence-electron chi connectivity index (χ0n) is 15.1. The molecule has 0 aliphatic rings. The molecule has 3 N–H and O–H groups in total. The van der Waals surface area contributed by atoms with Crippen molar-refractivity contribution >= 4 is 52.8 Å². The highest BCUT2D eigenvalue weighted by Gasteiger charge is 2.14. The summed E-state index contributed by atoms with van der Waals surface area (Å²) in [5.41, 5.74) is 2.71. The number of hydrazone groups is 1. The van der Waals surface area contributed by atoms with Gasteiger partial charge < -0.3 is 15.1 Å². The maximum absolute atomic E-state index is 11.9. The minimum Gasteiger partial charge on any atom is -0.458 e. The number of hydrogen-bond donors (Lipinski definition) is 3. The molecule has 10 heteroatoms. The van der Waals surface area contributed by atoms with Crippen LogP contribution in [0.1, 0.15) is 25.4 Å². The van der Waals surface area contributed by atoms with Crippen molar-refractivity contribution in [1.29, 1.82) is 0 Å². The summed E-state index contributed by atoms with van der Waals surface area (Å²) >= 11 is 11.7. The molecule has 0 aliphatic carbocycles. The summed E-state index contributed by atoms with van der Waals surface area (Å²) in [6.07, 6.45) is 1.34. The van der Waals surface area contributed by atoms with E-state index in [1.165, 1.54) is 24.4 Å². The molecule has 1 heterocycles. The van der Waals surface area contributed by atoms with Gasteiger partial charge in [-0.1, -0.05) is 37.0 Å². The van der Waals surface area contributed by atoms with E-state index in [2.05, 4.69) is 21.2 Å². The number of halogens is 2. The molecule has 0 aliphatic heterocycles. The molecule has 0 saturated carbocycles. The molecule has 3 amide bonds. The van der Waals surface area contributed by atoms with Crippen LogP contribution in [0.3, 0.4) is 0 Å². The van der Waals surface area contributed by atoms with Gasteiger partial charge in [-0.2, -0.15) is 5.10 Å². The van der Waals surface area contributed by atoms with Crippen LogP contribution in [0.4, 0.5) is 5.69 Å². The Hall–Kier alpha value is -2.84. The first kappa shape index (κ1) is 21.5. The minimum absolute atomic E-state index is 0.000178. The molecule has 0 radical (unpaired) electrons. The Morgan fingerprint density at radius 2 is 1.86 bits per heavy atom. The molecule has 2 aromatic rings. The van der Waals surface area contributed by atoms with E-state index in [9.17, 15) is 14.4 Å². The van der Waals surface area contributed by atoms with Crippen LogP contribution in [-0.4, -0.2) is 23.9 Å². The van der Waals surface area contributed by atoms with Crippen LogP contribution in [0, 0.1) is 5.92 Å². The standard InChI is InChI=1S/C18H18Cl2N4O4/c1-10(2)16(25)24-22-9-13-5-4-12(28-13)8-21-17(26)18(27)23-11-3-6-14(19)15(20)7-11/h3-7,9-10H,8H2,1-2H3,(H,21,26)(H,23,27)(H,24,25)/b22-9-. The van der Waals surface area contributed by atoms with Gasteiger partial charge in [-0.15, -0.1) is 0 Å². The summed E-state index contributed by atoms with van der Waals surface area (Å²) in [7, 11) is 0. The van der Waals surface area contributed by atoms with Crippen molar-refractivity contribution in [2.45, 2.75) is 20.4 Å². The third kappa shape index (κ3) is 6.40. The largest absolute Gasteiger partial charge is 0.458 e. The maximum atomic E-state index is 11.9. The lowest BCUT2D eigenvalue weighted by atomic mass is 10.2. The molecule has 8 nitrogen and oxygen atoms in total. The third-order valence-corrected chi connectivity index (χ3v) is 4.12. The zero-order valence-corrected chi connectivity index (χ0v) is 16.6. The van der Waals surface area contributed by atoms with E-state index in [0.29, 0.717) is 22.2 Å². The van der Waals surface area contributed by atoms with Crippen LogP contribution >= 0.6 is 23.2 Å². The summed E-state index contributed by atoms with van der Waals surface area (Å²) in [4.78, 5) is 35.2. The molecule has 0 bridgehead atoms. The molecule has 1 aromatic heterocycles. The lowest BCUT2D eigenvalue weighted by molar-refractivity contribution is -0.136. The Bertz CT molecular complexity index is 909. The van der Waals surface area contributed by atoms with Gasteiger partial charge >= 0.3 is 11.8 Å². The molecular weight excluding hydrogens is 407 g/mol. The average Bonchev–Trinajstić information content (AvgIpc) is 3.10. The Morgan fingerprint density at radius 3 is 2.54 bits per heavy atom. The number of nitrogens with one attached hydrogen (secondary N) is 3. The molecule has 0 unspecified atom stereocenters. The number of amides is 3. The van der Waals surface area contributed by atoms with Gasteiger partial charge in [0.25, 0.3) is 0 Å². The topological polar surface area (TPSA) is 113 Å². The van der Waals surface area contributed by atoms with Crippen LogP contribution < -0.4 is 16.1 Å². The van der Waals surface area contributed by atoms with Crippen LogP contribution in [-0.2, 0) is 20.9 Å². The Morgan fingerprint density at radius 1 is 1.11 bits per heavy atom. The summed E-state index contributed by atoms with van der Waals surface area (Å²) < 4.78 is 5.42. The second-order valence-electron chi connectivity index (χ2n) is 5.96. The predicted molar refractivity (Wildman–Crippen MR) is 106 cm³/mol. The van der Waals surface area contributed by atoms with Gasteiger partial charge in [0.05, 0.1) is 22.8 Å². The molecule has 0 atom stereocenters. The molecule has 0 fully saturated rings. The van der Waals surface area contributed by atoms with Crippen molar-refractivity contribution in [1.82, 2.24) is 10.7 Å². The number of carbonyl (C=O) groups excluding carboxylic acids is 3. The van der Waals surface area contributed by atoms with Gasteiger partial charge in [-0.05, 0) is 30.3 Å². The SMILES string of the molecule is CC(C)C(=O)N/N=C\c1ccc(CNC(=O)C(=O)Nc2ccc(Cl)c(Cl)c2)o1.